The number of rotatable bonds is 12. The third-order valence-corrected chi connectivity index (χ3v) is 7.10. The van der Waals surface area contributed by atoms with Crippen molar-refractivity contribution in [2.75, 3.05) is 26.4 Å². The van der Waals surface area contributed by atoms with E-state index in [1.807, 2.05) is 52.8 Å². The minimum atomic E-state index is -2.80. The van der Waals surface area contributed by atoms with E-state index in [0.717, 1.165) is 11.3 Å². The Balaban J connectivity index is 3.02. The fraction of sp³-hybridized carbons (Fsp3) is 0.667. The lowest BCUT2D eigenvalue weighted by Crippen LogP contribution is -2.51. The molecule has 0 spiro atoms. The zero-order valence-corrected chi connectivity index (χ0v) is 16.8. The van der Waals surface area contributed by atoms with Gasteiger partial charge >= 0.3 is 8.80 Å². The summed E-state index contributed by atoms with van der Waals surface area (Å²) >= 11 is 0. The molecule has 0 heterocycles. The molecule has 0 bridgehead atoms. The highest BCUT2D eigenvalue weighted by Crippen LogP contribution is 2.32. The lowest BCUT2D eigenvalue weighted by Gasteiger charge is -2.33. The SMILES string of the molecule is CCOC(C)Oc1cccc(C(C)[Si](OCC)(OCC)OCC)c1. The van der Waals surface area contributed by atoms with Gasteiger partial charge in [0.1, 0.15) is 5.75 Å². The molecule has 138 valence electrons. The van der Waals surface area contributed by atoms with E-state index in [1.165, 1.54) is 0 Å². The van der Waals surface area contributed by atoms with Crippen molar-refractivity contribution >= 4 is 8.80 Å². The van der Waals surface area contributed by atoms with Crippen LogP contribution in [0.1, 0.15) is 52.6 Å². The molecule has 6 heteroatoms. The molecule has 24 heavy (non-hydrogen) atoms. The highest BCUT2D eigenvalue weighted by atomic mass is 28.4. The Hall–Kier alpha value is -0.923. The van der Waals surface area contributed by atoms with Gasteiger partial charge in [-0.2, -0.15) is 0 Å². The van der Waals surface area contributed by atoms with Crippen LogP contribution in [0, 0.1) is 0 Å². The minimum absolute atomic E-state index is 0.0169. The second-order valence-corrected chi connectivity index (χ2v) is 8.28. The summed E-state index contributed by atoms with van der Waals surface area (Å²) in [6.07, 6.45) is -0.284. The number of benzene rings is 1. The fourth-order valence-corrected chi connectivity index (χ4v) is 5.42. The summed E-state index contributed by atoms with van der Waals surface area (Å²) < 4.78 is 29.3. The molecule has 0 amide bonds. The summed E-state index contributed by atoms with van der Waals surface area (Å²) in [4.78, 5) is 0. The van der Waals surface area contributed by atoms with Crippen molar-refractivity contribution in [3.63, 3.8) is 0 Å². The van der Waals surface area contributed by atoms with Gasteiger partial charge in [0.2, 0.25) is 0 Å². The van der Waals surface area contributed by atoms with E-state index in [4.69, 9.17) is 22.8 Å². The third-order valence-electron chi connectivity index (χ3n) is 3.63. The molecule has 2 atom stereocenters. The lowest BCUT2D eigenvalue weighted by molar-refractivity contribution is -0.0613. The van der Waals surface area contributed by atoms with Gasteiger partial charge < -0.3 is 22.8 Å². The molecule has 0 saturated carbocycles. The molecular formula is C18H32O5Si. The van der Waals surface area contributed by atoms with Crippen LogP contribution in [0.15, 0.2) is 24.3 Å². The summed E-state index contributed by atoms with van der Waals surface area (Å²) in [5, 5.41) is 0. The Bertz CT molecular complexity index is 451. The first kappa shape index (κ1) is 21.1. The molecule has 0 saturated heterocycles. The maximum absolute atomic E-state index is 6.02. The van der Waals surface area contributed by atoms with E-state index < -0.39 is 8.80 Å². The Kier molecular flexibility index (Phi) is 9.54. The largest absolute Gasteiger partial charge is 0.508 e. The van der Waals surface area contributed by atoms with Crippen LogP contribution >= 0.6 is 0 Å². The molecule has 1 rings (SSSR count). The Morgan fingerprint density at radius 2 is 1.46 bits per heavy atom. The van der Waals surface area contributed by atoms with Crippen molar-refractivity contribution in [3.05, 3.63) is 29.8 Å². The predicted octanol–water partition coefficient (Wildman–Crippen LogP) is 4.14. The van der Waals surface area contributed by atoms with Gasteiger partial charge in [-0.05, 0) is 52.3 Å². The average Bonchev–Trinajstić information content (AvgIpc) is 2.55. The lowest BCUT2D eigenvalue weighted by atomic mass is 10.1. The smallest absolute Gasteiger partial charge is 0.465 e. The van der Waals surface area contributed by atoms with Crippen LogP contribution in [0.25, 0.3) is 0 Å². The highest BCUT2D eigenvalue weighted by molar-refractivity contribution is 6.62. The van der Waals surface area contributed by atoms with E-state index >= 15 is 0 Å². The zero-order valence-electron chi connectivity index (χ0n) is 15.8. The first-order chi connectivity index (χ1) is 11.5. The monoisotopic (exact) mass is 356 g/mol. The second-order valence-electron chi connectivity index (χ2n) is 5.34. The topological polar surface area (TPSA) is 46.2 Å². The summed E-state index contributed by atoms with van der Waals surface area (Å²) in [7, 11) is -2.80. The number of hydrogen-bond donors (Lipinski definition) is 0. The maximum atomic E-state index is 6.02. The van der Waals surface area contributed by atoms with Gasteiger partial charge in [-0.25, -0.2) is 0 Å². The van der Waals surface area contributed by atoms with Gasteiger partial charge in [0.05, 0.1) is 5.54 Å². The molecule has 0 radical (unpaired) electrons. The van der Waals surface area contributed by atoms with Gasteiger partial charge in [-0.15, -0.1) is 0 Å². The predicted molar refractivity (Wildman–Crippen MR) is 97.2 cm³/mol. The molecular weight excluding hydrogens is 324 g/mol. The molecule has 1 aromatic rings. The Labute approximate surface area is 147 Å². The third kappa shape index (κ3) is 5.86. The number of hydrogen-bond acceptors (Lipinski definition) is 5. The van der Waals surface area contributed by atoms with Gasteiger partial charge in [0, 0.05) is 26.4 Å². The molecule has 5 nitrogen and oxygen atoms in total. The average molecular weight is 357 g/mol. The molecule has 0 aliphatic heterocycles. The Morgan fingerprint density at radius 3 is 1.96 bits per heavy atom. The van der Waals surface area contributed by atoms with E-state index in [0.29, 0.717) is 26.4 Å². The van der Waals surface area contributed by atoms with Crippen LogP contribution in [0.3, 0.4) is 0 Å². The molecule has 0 aliphatic rings. The summed E-state index contributed by atoms with van der Waals surface area (Å²) in [5.41, 5.74) is 1.10. The Morgan fingerprint density at radius 1 is 0.875 bits per heavy atom. The van der Waals surface area contributed by atoms with Gasteiger partial charge in [-0.1, -0.05) is 19.1 Å². The first-order valence-corrected chi connectivity index (χ1v) is 10.6. The minimum Gasteiger partial charge on any atom is -0.465 e. The van der Waals surface area contributed by atoms with E-state index in [-0.39, 0.29) is 11.8 Å². The molecule has 0 aromatic heterocycles. The normalized spacial score (nSPS) is 14.4. The van der Waals surface area contributed by atoms with Crippen LogP contribution in [0.5, 0.6) is 5.75 Å². The van der Waals surface area contributed by atoms with Crippen molar-refractivity contribution < 1.29 is 22.8 Å². The van der Waals surface area contributed by atoms with Crippen LogP contribution in [-0.2, 0) is 18.0 Å². The van der Waals surface area contributed by atoms with Crippen LogP contribution in [0.2, 0.25) is 0 Å². The molecule has 0 aliphatic carbocycles. The van der Waals surface area contributed by atoms with Crippen molar-refractivity contribution in [2.24, 2.45) is 0 Å². The zero-order chi connectivity index (χ0) is 18.0. The van der Waals surface area contributed by atoms with Crippen molar-refractivity contribution in [2.45, 2.75) is 53.4 Å². The van der Waals surface area contributed by atoms with Crippen molar-refractivity contribution in [1.82, 2.24) is 0 Å². The van der Waals surface area contributed by atoms with E-state index in [1.54, 1.807) is 0 Å². The first-order valence-electron chi connectivity index (χ1n) is 8.82. The van der Waals surface area contributed by atoms with Crippen molar-refractivity contribution in [3.8, 4) is 5.75 Å². The van der Waals surface area contributed by atoms with Crippen LogP contribution in [0.4, 0.5) is 0 Å². The standard InChI is InChI=1S/C18H32O5Si/c1-7-19-16(6)23-18-13-11-12-17(14-18)15(5)24(20-8-2,21-9-3)22-10-4/h11-16H,7-10H2,1-6H3. The van der Waals surface area contributed by atoms with Crippen LogP contribution in [-0.4, -0.2) is 41.5 Å². The van der Waals surface area contributed by atoms with Crippen LogP contribution < -0.4 is 4.74 Å². The van der Waals surface area contributed by atoms with Gasteiger partial charge in [-0.3, -0.25) is 0 Å². The maximum Gasteiger partial charge on any atom is 0.508 e. The molecule has 2 unspecified atom stereocenters. The molecule has 0 fully saturated rings. The number of ether oxygens (including phenoxy) is 2. The second kappa shape index (κ2) is 10.8. The van der Waals surface area contributed by atoms with Gasteiger partial charge in [0.25, 0.3) is 0 Å². The molecule has 1 aromatic carbocycles. The highest BCUT2D eigenvalue weighted by Gasteiger charge is 2.47. The molecule has 0 N–H and O–H groups in total. The summed E-state index contributed by atoms with van der Waals surface area (Å²) in [6, 6.07) is 7.97. The fourth-order valence-electron chi connectivity index (χ4n) is 2.63. The van der Waals surface area contributed by atoms with Crippen molar-refractivity contribution in [1.29, 1.82) is 0 Å². The summed E-state index contributed by atoms with van der Waals surface area (Å²) in [5.74, 6) is 0.771. The summed E-state index contributed by atoms with van der Waals surface area (Å²) in [6.45, 7) is 14.1. The van der Waals surface area contributed by atoms with E-state index in [2.05, 4.69) is 13.0 Å². The van der Waals surface area contributed by atoms with Gasteiger partial charge in [0.15, 0.2) is 6.29 Å². The quantitative estimate of drug-likeness (QED) is 0.416. The van der Waals surface area contributed by atoms with E-state index in [9.17, 15) is 0 Å².